The second-order valence-corrected chi connectivity index (χ2v) is 9.76. The Morgan fingerprint density at radius 2 is 1.75 bits per heavy atom. The molecule has 5 heteroatoms. The first-order valence-electron chi connectivity index (χ1n) is 11.9. The summed E-state index contributed by atoms with van der Waals surface area (Å²) >= 11 is 5.91. The molecule has 2 aromatic heterocycles. The van der Waals surface area contributed by atoms with Crippen LogP contribution in [-0.2, 0) is 0 Å². The lowest BCUT2D eigenvalue weighted by atomic mass is 9.94. The summed E-state index contributed by atoms with van der Waals surface area (Å²) in [5.74, 6) is 0.508. The molecule has 1 saturated carbocycles. The van der Waals surface area contributed by atoms with Crippen molar-refractivity contribution >= 4 is 23.0 Å². The molecule has 2 fully saturated rings. The molecule has 1 aromatic carbocycles. The van der Waals surface area contributed by atoms with Gasteiger partial charge in [0.2, 0.25) is 0 Å². The molecular formula is C27H32N4S. The number of benzene rings is 1. The lowest BCUT2D eigenvalue weighted by Crippen LogP contribution is -2.31. The van der Waals surface area contributed by atoms with Crippen LogP contribution in [0.5, 0.6) is 0 Å². The molecule has 0 bridgehead atoms. The van der Waals surface area contributed by atoms with Gasteiger partial charge in [0.1, 0.15) is 6.04 Å². The van der Waals surface area contributed by atoms with Gasteiger partial charge in [-0.2, -0.15) is 0 Å². The Morgan fingerprint density at radius 1 is 0.969 bits per heavy atom. The normalized spacial score (nSPS) is 21.8. The van der Waals surface area contributed by atoms with Gasteiger partial charge in [-0.05, 0) is 72.9 Å². The maximum Gasteiger partial charge on any atom is 0.174 e. The summed E-state index contributed by atoms with van der Waals surface area (Å²) in [5, 5.41) is 4.37. The first-order chi connectivity index (χ1) is 15.6. The molecule has 1 aliphatic heterocycles. The van der Waals surface area contributed by atoms with Crippen molar-refractivity contribution in [1.82, 2.24) is 14.9 Å². The smallest absolute Gasteiger partial charge is 0.174 e. The number of thiocarbonyl (C=S) groups is 1. The van der Waals surface area contributed by atoms with Crippen molar-refractivity contribution in [3.63, 3.8) is 0 Å². The zero-order valence-electron chi connectivity index (χ0n) is 18.9. The van der Waals surface area contributed by atoms with Crippen molar-refractivity contribution in [3.8, 4) is 0 Å². The summed E-state index contributed by atoms with van der Waals surface area (Å²) in [5.41, 5.74) is 4.81. The molecule has 1 saturated heterocycles. The molecule has 1 aliphatic carbocycles. The predicted molar refractivity (Wildman–Crippen MR) is 135 cm³/mol. The van der Waals surface area contributed by atoms with Gasteiger partial charge >= 0.3 is 0 Å². The molecule has 32 heavy (non-hydrogen) atoms. The minimum absolute atomic E-state index is 0.00529. The van der Waals surface area contributed by atoms with Crippen molar-refractivity contribution < 1.29 is 0 Å². The third-order valence-corrected chi connectivity index (χ3v) is 7.33. The van der Waals surface area contributed by atoms with Crippen LogP contribution >= 0.6 is 12.2 Å². The van der Waals surface area contributed by atoms with Gasteiger partial charge in [-0.25, -0.2) is 0 Å². The van der Waals surface area contributed by atoms with Crippen LogP contribution in [0, 0.1) is 0 Å². The first-order valence-corrected chi connectivity index (χ1v) is 12.3. The molecule has 2 aliphatic rings. The highest BCUT2D eigenvalue weighted by molar-refractivity contribution is 7.80. The maximum absolute atomic E-state index is 5.91. The van der Waals surface area contributed by atoms with E-state index in [1.54, 1.807) is 0 Å². The molecule has 2 atom stereocenters. The summed E-state index contributed by atoms with van der Waals surface area (Å²) in [7, 11) is 0. The molecule has 3 heterocycles. The van der Waals surface area contributed by atoms with E-state index in [0.717, 1.165) is 16.5 Å². The minimum atomic E-state index is 0.00529. The van der Waals surface area contributed by atoms with Crippen molar-refractivity contribution in [3.05, 3.63) is 83.9 Å². The fraction of sp³-hybridized carbons (Fsp3) is 0.407. The fourth-order valence-electron chi connectivity index (χ4n) is 5.30. The van der Waals surface area contributed by atoms with Crippen LogP contribution in [0.4, 0.5) is 5.69 Å². The summed E-state index contributed by atoms with van der Waals surface area (Å²) in [6.45, 7) is 4.46. The number of pyridine rings is 1. The van der Waals surface area contributed by atoms with Gasteiger partial charge in [-0.15, -0.1) is 0 Å². The second-order valence-electron chi connectivity index (χ2n) is 9.37. The minimum Gasteiger partial charge on any atom is -0.351 e. The maximum atomic E-state index is 5.91. The highest BCUT2D eigenvalue weighted by Gasteiger charge is 2.42. The van der Waals surface area contributed by atoms with E-state index in [2.05, 4.69) is 83.4 Å². The standard InChI is InChI=1S/C27H32N4S/c1-19(2)20-13-15-22(16-14-20)31-26(25(29-27(31)32)23-11-6-7-17-28-23)24-12-8-18-30(24)21-9-4-3-5-10-21/h6-8,11-19,21,25-26H,3-5,9-10H2,1-2H3,(H,29,32)/t25-,26+/m1/s1. The molecule has 4 nitrogen and oxygen atoms in total. The zero-order valence-corrected chi connectivity index (χ0v) is 19.8. The van der Waals surface area contributed by atoms with Gasteiger partial charge in [0.05, 0.1) is 11.7 Å². The number of hydrogen-bond acceptors (Lipinski definition) is 2. The molecule has 0 spiro atoms. The number of aromatic nitrogens is 2. The number of hydrogen-bond donors (Lipinski definition) is 1. The summed E-state index contributed by atoms with van der Waals surface area (Å²) in [6.07, 6.45) is 10.6. The quantitative estimate of drug-likeness (QED) is 0.445. The first kappa shape index (κ1) is 21.2. The van der Waals surface area contributed by atoms with Gasteiger partial charge in [0.25, 0.3) is 0 Å². The number of nitrogens with one attached hydrogen (secondary N) is 1. The molecule has 0 radical (unpaired) electrons. The summed E-state index contributed by atoms with van der Waals surface area (Å²) in [4.78, 5) is 7.00. The molecule has 0 amide bonds. The fourth-order valence-corrected chi connectivity index (χ4v) is 5.65. The summed E-state index contributed by atoms with van der Waals surface area (Å²) in [6, 6.07) is 20.1. The largest absolute Gasteiger partial charge is 0.351 e. The van der Waals surface area contributed by atoms with Crippen LogP contribution in [0.2, 0.25) is 0 Å². The predicted octanol–water partition coefficient (Wildman–Crippen LogP) is 6.69. The van der Waals surface area contributed by atoms with Gasteiger partial charge in [-0.3, -0.25) is 4.98 Å². The molecule has 5 rings (SSSR count). The third-order valence-electron chi connectivity index (χ3n) is 7.02. The zero-order chi connectivity index (χ0) is 22.1. The van der Waals surface area contributed by atoms with E-state index in [9.17, 15) is 0 Å². The van der Waals surface area contributed by atoms with E-state index in [-0.39, 0.29) is 12.1 Å². The topological polar surface area (TPSA) is 33.1 Å². The second kappa shape index (κ2) is 9.07. The lowest BCUT2D eigenvalue weighted by Gasteiger charge is -2.32. The van der Waals surface area contributed by atoms with Crippen LogP contribution in [0.25, 0.3) is 0 Å². The van der Waals surface area contributed by atoms with Crippen LogP contribution in [0.15, 0.2) is 67.0 Å². The van der Waals surface area contributed by atoms with Crippen LogP contribution in [-0.4, -0.2) is 14.7 Å². The Hall–Kier alpha value is -2.66. The van der Waals surface area contributed by atoms with Gasteiger partial charge in [0, 0.05) is 29.8 Å². The number of rotatable bonds is 5. The molecular weight excluding hydrogens is 412 g/mol. The Balaban J connectivity index is 1.58. The molecule has 3 aromatic rings. The highest BCUT2D eigenvalue weighted by Crippen LogP contribution is 2.43. The van der Waals surface area contributed by atoms with E-state index < -0.39 is 0 Å². The monoisotopic (exact) mass is 444 g/mol. The molecule has 0 unspecified atom stereocenters. The molecule has 166 valence electrons. The van der Waals surface area contributed by atoms with Crippen molar-refractivity contribution in [2.75, 3.05) is 4.90 Å². The van der Waals surface area contributed by atoms with Gasteiger partial charge in [-0.1, -0.05) is 51.3 Å². The SMILES string of the molecule is CC(C)c1ccc(N2C(=S)N[C@H](c3ccccn3)[C@@H]2c2cccn2C2CCCCC2)cc1. The number of anilines is 1. The van der Waals surface area contributed by atoms with Crippen LogP contribution < -0.4 is 10.2 Å². The van der Waals surface area contributed by atoms with Crippen LogP contribution in [0.1, 0.15) is 86.9 Å². The summed E-state index contributed by atoms with van der Waals surface area (Å²) < 4.78 is 2.52. The van der Waals surface area contributed by atoms with E-state index in [0.29, 0.717) is 12.0 Å². The Morgan fingerprint density at radius 3 is 2.44 bits per heavy atom. The third kappa shape index (κ3) is 3.95. The highest BCUT2D eigenvalue weighted by atomic mass is 32.1. The van der Waals surface area contributed by atoms with Crippen molar-refractivity contribution in [2.24, 2.45) is 0 Å². The van der Waals surface area contributed by atoms with E-state index in [1.165, 1.54) is 43.4 Å². The van der Waals surface area contributed by atoms with Gasteiger partial charge in [0.15, 0.2) is 5.11 Å². The van der Waals surface area contributed by atoms with E-state index >= 15 is 0 Å². The van der Waals surface area contributed by atoms with Crippen molar-refractivity contribution in [1.29, 1.82) is 0 Å². The lowest BCUT2D eigenvalue weighted by molar-refractivity contribution is 0.340. The van der Waals surface area contributed by atoms with Crippen molar-refractivity contribution in [2.45, 2.75) is 70.0 Å². The van der Waals surface area contributed by atoms with Crippen LogP contribution in [0.3, 0.4) is 0 Å². The molecule has 1 N–H and O–H groups in total. The Bertz CT molecular complexity index is 1050. The Kier molecular flexibility index (Phi) is 6.01. The Labute approximate surface area is 196 Å². The van der Waals surface area contributed by atoms with E-state index in [4.69, 9.17) is 17.2 Å². The van der Waals surface area contributed by atoms with Gasteiger partial charge < -0.3 is 14.8 Å². The average Bonchev–Trinajstić information content (AvgIpc) is 3.44. The average molecular weight is 445 g/mol. The number of nitrogens with zero attached hydrogens (tertiary/aromatic N) is 3. The van der Waals surface area contributed by atoms with E-state index in [1.807, 2.05) is 12.3 Å².